The van der Waals surface area contributed by atoms with Crippen LogP contribution in [0.1, 0.15) is 69.5 Å². The molecule has 3 aromatic rings. The van der Waals surface area contributed by atoms with Crippen molar-refractivity contribution in [3.05, 3.63) is 65.9 Å². The quantitative estimate of drug-likeness (QED) is 0.387. The summed E-state index contributed by atoms with van der Waals surface area (Å²) in [6.45, 7) is 8.07. The number of nitrogens with two attached hydrogens (primary N) is 1. The van der Waals surface area contributed by atoms with Gasteiger partial charge in [-0.3, -0.25) is 0 Å². The minimum absolute atomic E-state index is 0.0560. The van der Waals surface area contributed by atoms with Gasteiger partial charge in [0.15, 0.2) is 0 Å². The molecule has 2 N–H and O–H groups in total. The summed E-state index contributed by atoms with van der Waals surface area (Å²) < 4.78 is 25.2. The number of aromatic nitrogens is 2. The number of anilines is 1. The largest absolute Gasteiger partial charge is 0.444 e. The molecule has 2 aliphatic heterocycles. The fourth-order valence-corrected chi connectivity index (χ4v) is 6.31. The first-order valence-electron chi connectivity index (χ1n) is 13.7. The predicted molar refractivity (Wildman–Crippen MR) is 147 cm³/mol. The molecule has 1 saturated carbocycles. The number of rotatable bonds is 4. The van der Waals surface area contributed by atoms with E-state index in [4.69, 9.17) is 15.2 Å². The first-order valence-corrected chi connectivity index (χ1v) is 13.7. The summed E-state index contributed by atoms with van der Waals surface area (Å²) in [6, 6.07) is 11.5. The van der Waals surface area contributed by atoms with Crippen LogP contribution in [-0.2, 0) is 9.47 Å². The van der Waals surface area contributed by atoms with E-state index in [9.17, 15) is 9.18 Å². The number of hydrogen-bond acceptors (Lipinski definition) is 6. The van der Waals surface area contributed by atoms with Crippen molar-refractivity contribution < 1.29 is 18.7 Å². The Balaban J connectivity index is 1.38. The van der Waals surface area contributed by atoms with Crippen LogP contribution in [0.5, 0.6) is 0 Å². The van der Waals surface area contributed by atoms with Gasteiger partial charge in [0.1, 0.15) is 11.4 Å². The minimum atomic E-state index is -0.567. The number of amides is 1. The number of ether oxygens (including phenoxy) is 2. The van der Waals surface area contributed by atoms with E-state index in [0.717, 1.165) is 50.0 Å². The lowest BCUT2D eigenvalue weighted by Crippen LogP contribution is -2.51. The van der Waals surface area contributed by atoms with Crippen LogP contribution in [0.25, 0.3) is 22.3 Å². The Morgan fingerprint density at radius 3 is 2.56 bits per heavy atom. The van der Waals surface area contributed by atoms with Gasteiger partial charge in [0.05, 0.1) is 19.3 Å². The smallest absolute Gasteiger partial charge is 0.410 e. The third-order valence-corrected chi connectivity index (χ3v) is 8.23. The third kappa shape index (κ3) is 4.98. The van der Waals surface area contributed by atoms with Crippen molar-refractivity contribution >= 4 is 11.9 Å². The molecule has 8 heteroatoms. The van der Waals surface area contributed by atoms with E-state index in [-0.39, 0.29) is 12.1 Å². The number of likely N-dealkylation sites (tertiary alicyclic amines) is 1. The molecule has 3 fully saturated rings. The number of nitrogens with zero attached hydrogens (tertiary/aromatic N) is 3. The molecule has 1 atom stereocenters. The van der Waals surface area contributed by atoms with Gasteiger partial charge in [-0.2, -0.15) is 4.39 Å². The van der Waals surface area contributed by atoms with Crippen molar-refractivity contribution in [3.63, 3.8) is 0 Å². The fraction of sp³-hybridized carbons (Fsp3) is 0.452. The second-order valence-electron chi connectivity index (χ2n) is 12.3. The van der Waals surface area contributed by atoms with Gasteiger partial charge in [0, 0.05) is 41.5 Å². The summed E-state index contributed by atoms with van der Waals surface area (Å²) in [6.07, 6.45) is 6.94. The summed E-state index contributed by atoms with van der Waals surface area (Å²) in [5.74, 6) is 0.206. The molecule has 4 heterocycles. The molecular formula is C31H35FN4O3. The van der Waals surface area contributed by atoms with Crippen LogP contribution in [0.4, 0.5) is 15.0 Å². The molecule has 204 valence electrons. The van der Waals surface area contributed by atoms with Crippen molar-refractivity contribution in [2.75, 3.05) is 25.5 Å². The van der Waals surface area contributed by atoms with Gasteiger partial charge < -0.3 is 20.1 Å². The van der Waals surface area contributed by atoms with Crippen LogP contribution >= 0.6 is 0 Å². The van der Waals surface area contributed by atoms with Gasteiger partial charge in [-0.25, -0.2) is 14.8 Å². The standard InChI is InChI=1S/C31H35FN4O3/c1-30(2,3)39-29(37)36-10-4-5-26(36)25-11-19(6-7-23(25)22-14-31(15-22)17-38-18-31)21-12-24(28(33)35-16-21)20-8-9-34-27(32)13-20/h6-9,11-13,16,22,26H,4-5,10,14-15,17-18H2,1-3H3,(H2,33,35)/t26-/m0/s1. The van der Waals surface area contributed by atoms with Gasteiger partial charge in [-0.15, -0.1) is 0 Å². The Morgan fingerprint density at radius 1 is 1.08 bits per heavy atom. The molecular weight excluding hydrogens is 495 g/mol. The van der Waals surface area contributed by atoms with Gasteiger partial charge >= 0.3 is 6.09 Å². The van der Waals surface area contributed by atoms with Crippen LogP contribution in [0.3, 0.4) is 0 Å². The average molecular weight is 531 g/mol. The second-order valence-corrected chi connectivity index (χ2v) is 12.3. The molecule has 1 aromatic carbocycles. The number of nitrogen functional groups attached to an aromatic ring is 1. The van der Waals surface area contributed by atoms with Crippen molar-refractivity contribution in [1.82, 2.24) is 14.9 Å². The number of pyridine rings is 2. The first kappa shape index (κ1) is 25.7. The van der Waals surface area contributed by atoms with E-state index in [1.165, 1.54) is 23.4 Å². The van der Waals surface area contributed by atoms with Gasteiger partial charge in [0.2, 0.25) is 5.95 Å². The average Bonchev–Trinajstić information content (AvgIpc) is 3.32. The maximum absolute atomic E-state index is 13.9. The van der Waals surface area contributed by atoms with E-state index in [1.807, 2.05) is 31.7 Å². The van der Waals surface area contributed by atoms with Crippen LogP contribution < -0.4 is 5.73 Å². The van der Waals surface area contributed by atoms with E-state index in [0.29, 0.717) is 34.8 Å². The van der Waals surface area contributed by atoms with Crippen molar-refractivity contribution in [1.29, 1.82) is 0 Å². The zero-order valence-electron chi connectivity index (χ0n) is 22.7. The highest BCUT2D eigenvalue weighted by Gasteiger charge is 2.51. The van der Waals surface area contributed by atoms with E-state index in [1.54, 1.807) is 12.3 Å². The Kier molecular flexibility index (Phi) is 6.33. The summed E-state index contributed by atoms with van der Waals surface area (Å²) >= 11 is 0. The third-order valence-electron chi connectivity index (χ3n) is 8.23. The van der Waals surface area contributed by atoms with E-state index < -0.39 is 11.5 Å². The molecule has 0 bridgehead atoms. The Bertz CT molecular complexity index is 1410. The highest BCUT2D eigenvalue weighted by molar-refractivity contribution is 5.79. The van der Waals surface area contributed by atoms with Crippen LogP contribution in [0.2, 0.25) is 0 Å². The van der Waals surface area contributed by atoms with Gasteiger partial charge in [0.25, 0.3) is 0 Å². The van der Waals surface area contributed by atoms with Crippen LogP contribution in [0, 0.1) is 11.4 Å². The Labute approximate surface area is 228 Å². The molecule has 39 heavy (non-hydrogen) atoms. The maximum atomic E-state index is 13.9. The summed E-state index contributed by atoms with van der Waals surface area (Å²) in [4.78, 5) is 23.2. The molecule has 7 nitrogen and oxygen atoms in total. The molecule has 1 spiro atoms. The minimum Gasteiger partial charge on any atom is -0.444 e. The van der Waals surface area contributed by atoms with Crippen LogP contribution in [-0.4, -0.2) is 46.3 Å². The summed E-state index contributed by atoms with van der Waals surface area (Å²) in [5.41, 5.74) is 11.6. The maximum Gasteiger partial charge on any atom is 0.410 e. The molecule has 2 aromatic heterocycles. The molecule has 1 aliphatic carbocycles. The highest BCUT2D eigenvalue weighted by Crippen LogP contribution is 2.56. The normalized spacial score (nSPS) is 20.5. The number of benzene rings is 1. The SMILES string of the molecule is CC(C)(C)OC(=O)N1CCC[C@H]1c1cc(-c2cnc(N)c(-c3ccnc(F)c3)c2)ccc1C1CC2(COC2)C1. The predicted octanol–water partition coefficient (Wildman–Crippen LogP) is 6.50. The zero-order valence-corrected chi connectivity index (χ0v) is 22.7. The van der Waals surface area contributed by atoms with Gasteiger partial charge in [-0.05, 0) is 92.8 Å². The lowest BCUT2D eigenvalue weighted by molar-refractivity contribution is -0.164. The summed E-state index contributed by atoms with van der Waals surface area (Å²) in [7, 11) is 0. The number of hydrogen-bond donors (Lipinski definition) is 1. The Hall–Kier alpha value is -3.52. The highest BCUT2D eigenvalue weighted by atomic mass is 19.1. The van der Waals surface area contributed by atoms with Crippen LogP contribution in [0.15, 0.2) is 48.8 Å². The number of carbonyl (C=O) groups excluding carboxylic acids is 1. The van der Waals surface area contributed by atoms with Crippen molar-refractivity contribution in [2.45, 2.75) is 64.0 Å². The molecule has 6 rings (SSSR count). The topological polar surface area (TPSA) is 90.6 Å². The second kappa shape index (κ2) is 9.59. The lowest BCUT2D eigenvalue weighted by atomic mass is 9.58. The lowest BCUT2D eigenvalue weighted by Gasteiger charge is -2.54. The van der Waals surface area contributed by atoms with Gasteiger partial charge in [-0.1, -0.05) is 12.1 Å². The molecule has 0 unspecified atom stereocenters. The Morgan fingerprint density at radius 2 is 1.87 bits per heavy atom. The number of halogens is 1. The number of carbonyl (C=O) groups is 1. The van der Waals surface area contributed by atoms with E-state index >= 15 is 0 Å². The van der Waals surface area contributed by atoms with E-state index in [2.05, 4.69) is 28.2 Å². The first-order chi connectivity index (χ1) is 18.6. The molecule has 0 radical (unpaired) electrons. The summed E-state index contributed by atoms with van der Waals surface area (Å²) in [5, 5.41) is 0. The van der Waals surface area contributed by atoms with Crippen molar-refractivity contribution in [3.8, 4) is 22.3 Å². The fourth-order valence-electron chi connectivity index (χ4n) is 6.31. The monoisotopic (exact) mass is 530 g/mol. The van der Waals surface area contributed by atoms with Crippen molar-refractivity contribution in [2.24, 2.45) is 5.41 Å². The zero-order chi connectivity index (χ0) is 27.4. The molecule has 3 aliphatic rings. The molecule has 2 saturated heterocycles. The molecule has 1 amide bonds.